The van der Waals surface area contributed by atoms with Crippen molar-refractivity contribution in [3.63, 3.8) is 0 Å². The molecule has 2 N–H and O–H groups in total. The first-order valence-electron chi connectivity index (χ1n) is 17.9. The molecule has 0 amide bonds. The van der Waals surface area contributed by atoms with Crippen molar-refractivity contribution in [2.45, 2.75) is 38.9 Å². The number of nitrogen functional groups attached to an aromatic ring is 1. The van der Waals surface area contributed by atoms with Gasteiger partial charge in [0, 0.05) is 37.8 Å². The molecule has 4 heterocycles. The summed E-state index contributed by atoms with van der Waals surface area (Å²) in [5.41, 5.74) is 7.81. The zero-order chi connectivity index (χ0) is 39.3. The zero-order valence-corrected chi connectivity index (χ0v) is 32.5. The maximum Gasteiger partial charge on any atom is 0.419 e. The molecule has 0 bridgehead atoms. The van der Waals surface area contributed by atoms with E-state index in [4.69, 9.17) is 15.1 Å². The number of imidazole rings is 1. The van der Waals surface area contributed by atoms with Crippen molar-refractivity contribution in [1.29, 1.82) is 0 Å². The third kappa shape index (κ3) is 6.67. The smallest absolute Gasteiger partial charge is 0.406 e. The lowest BCUT2D eigenvalue weighted by Gasteiger charge is -2.43. The minimum atomic E-state index is -4.67. The highest BCUT2D eigenvalue weighted by Gasteiger charge is 2.50. The summed E-state index contributed by atoms with van der Waals surface area (Å²) in [7, 11) is 0.906. The molecule has 0 aliphatic rings. The van der Waals surface area contributed by atoms with E-state index in [9.17, 15) is 18.0 Å². The van der Waals surface area contributed by atoms with Crippen molar-refractivity contribution in [1.82, 2.24) is 24.1 Å². The fourth-order valence-corrected chi connectivity index (χ4v) is 12.0. The summed E-state index contributed by atoms with van der Waals surface area (Å²) in [5, 5.41) is 2.84. The molecule has 0 radical (unpaired) electrons. The Hall–Kier alpha value is -5.79. The molecular weight excluding hydrogens is 720 g/mol. The Kier molecular flexibility index (Phi) is 9.64. The first-order valence-corrected chi connectivity index (χ1v) is 19.8. The normalized spacial score (nSPS) is 12.5. The number of likely N-dealkylation sites (N-methyl/N-ethyl adjacent to an activating group) is 1. The molecule has 0 spiro atoms. The van der Waals surface area contributed by atoms with Crippen LogP contribution >= 0.6 is 0 Å². The molecule has 0 fully saturated rings. The maximum atomic E-state index is 13.9. The molecule has 0 atom stereocenters. The SMILES string of the molecule is Cc1nc(N(C)CCO[Si](c2ccccc2)(c2ccccc2)C(C)(C)C)ccc1-n1c(=O)n(C)c2cnc3ccc(-c4cnc(N)c(C(F)(F)F)c4)cc3c21. The molecule has 0 saturated heterocycles. The van der Waals surface area contributed by atoms with Gasteiger partial charge in [-0.3, -0.25) is 14.1 Å². The van der Waals surface area contributed by atoms with Crippen LogP contribution < -0.4 is 26.7 Å². The molecule has 7 aromatic rings. The Morgan fingerprint density at radius 2 is 1.51 bits per heavy atom. The Morgan fingerprint density at radius 1 is 0.855 bits per heavy atom. The minimum absolute atomic E-state index is 0.158. The summed E-state index contributed by atoms with van der Waals surface area (Å²) >= 11 is 0. The number of fused-ring (bicyclic) bond motifs is 3. The van der Waals surface area contributed by atoms with Crippen LogP contribution in [0.1, 0.15) is 32.0 Å². The van der Waals surface area contributed by atoms with Crippen molar-refractivity contribution >= 4 is 52.3 Å². The highest BCUT2D eigenvalue weighted by atomic mass is 28.4. The Balaban J connectivity index is 1.22. The number of halogens is 3. The van der Waals surface area contributed by atoms with E-state index in [-0.39, 0.29) is 16.3 Å². The topological polar surface area (TPSA) is 104 Å². The molecule has 4 aromatic heterocycles. The first-order chi connectivity index (χ1) is 26.1. The standard InChI is InChI=1S/C42H42F3N7O2Si/c1-27-35(19-20-37(49-27)50(5)21-22-54-55(41(2,3)4,30-13-9-7-10-14-30)31-15-11-8-12-16-31)52-38-32-23-28(29-24-33(42(43,44)45)39(46)48-25-29)17-18-34(32)47-26-36(38)51(6)40(52)53/h7-20,23-26H,21-22H2,1-6H3,(H2,46,48). The van der Waals surface area contributed by atoms with Crippen molar-refractivity contribution in [3.8, 4) is 16.8 Å². The second-order valence-electron chi connectivity index (χ2n) is 14.8. The Morgan fingerprint density at radius 3 is 2.11 bits per heavy atom. The van der Waals surface area contributed by atoms with E-state index in [0.29, 0.717) is 57.9 Å². The van der Waals surface area contributed by atoms with Crippen LogP contribution in [0, 0.1) is 6.92 Å². The highest BCUT2D eigenvalue weighted by Crippen LogP contribution is 2.38. The van der Waals surface area contributed by atoms with Gasteiger partial charge in [0.15, 0.2) is 0 Å². The van der Waals surface area contributed by atoms with E-state index >= 15 is 0 Å². The van der Waals surface area contributed by atoms with Crippen LogP contribution in [0.15, 0.2) is 114 Å². The number of hydrogen-bond acceptors (Lipinski definition) is 7. The second-order valence-corrected chi connectivity index (χ2v) is 19.1. The monoisotopic (exact) mass is 761 g/mol. The summed E-state index contributed by atoms with van der Waals surface area (Å²) in [5.74, 6) is 0.118. The lowest BCUT2D eigenvalue weighted by Crippen LogP contribution is -2.67. The maximum absolute atomic E-state index is 13.9. The third-order valence-corrected chi connectivity index (χ3v) is 15.3. The number of anilines is 2. The fourth-order valence-electron chi connectivity index (χ4n) is 7.46. The average molecular weight is 762 g/mol. The van der Waals surface area contributed by atoms with Gasteiger partial charge in [-0.05, 0) is 58.2 Å². The van der Waals surface area contributed by atoms with E-state index in [1.165, 1.54) is 21.1 Å². The van der Waals surface area contributed by atoms with Crippen LogP contribution in [0.25, 0.3) is 38.8 Å². The van der Waals surface area contributed by atoms with E-state index in [1.807, 2.05) is 43.1 Å². The number of rotatable bonds is 9. The van der Waals surface area contributed by atoms with Gasteiger partial charge in [-0.15, -0.1) is 0 Å². The third-order valence-electron chi connectivity index (χ3n) is 10.3. The molecule has 0 aliphatic heterocycles. The summed E-state index contributed by atoms with van der Waals surface area (Å²) in [6, 6.07) is 30.9. The molecule has 0 saturated carbocycles. The van der Waals surface area contributed by atoms with Gasteiger partial charge in [-0.1, -0.05) is 87.5 Å². The molecule has 3 aromatic carbocycles. The number of hydrogen-bond donors (Lipinski definition) is 1. The summed E-state index contributed by atoms with van der Waals surface area (Å²) < 4.78 is 51.3. The molecule has 0 unspecified atom stereocenters. The first kappa shape index (κ1) is 37.5. The van der Waals surface area contributed by atoms with Crippen molar-refractivity contribution in [2.24, 2.45) is 7.05 Å². The van der Waals surface area contributed by atoms with Crippen LogP contribution in [0.3, 0.4) is 0 Å². The number of alkyl halides is 3. The summed E-state index contributed by atoms with van der Waals surface area (Å²) in [6.07, 6.45) is -1.74. The number of aromatic nitrogens is 5. The quantitative estimate of drug-likeness (QED) is 0.155. The molecule has 13 heteroatoms. The van der Waals surface area contributed by atoms with Crippen LogP contribution in [0.5, 0.6) is 0 Å². The van der Waals surface area contributed by atoms with Crippen molar-refractivity contribution in [2.75, 3.05) is 30.8 Å². The van der Waals surface area contributed by atoms with Crippen LogP contribution in [0.2, 0.25) is 5.04 Å². The Labute approximate surface area is 318 Å². The molecule has 0 aliphatic carbocycles. The summed E-state index contributed by atoms with van der Waals surface area (Å²) in [4.78, 5) is 29.3. The van der Waals surface area contributed by atoms with Gasteiger partial charge in [0.25, 0.3) is 8.32 Å². The summed E-state index contributed by atoms with van der Waals surface area (Å²) in [6.45, 7) is 9.64. The molecule has 282 valence electrons. The van der Waals surface area contributed by atoms with Gasteiger partial charge >= 0.3 is 11.9 Å². The van der Waals surface area contributed by atoms with E-state index in [0.717, 1.165) is 6.07 Å². The molecular formula is C42H42F3N7O2Si. The second kappa shape index (κ2) is 14.1. The van der Waals surface area contributed by atoms with E-state index in [1.54, 1.807) is 36.0 Å². The number of aryl methyl sites for hydroxylation is 2. The fraction of sp³-hybridized carbons (Fsp3) is 0.238. The lowest BCUT2D eigenvalue weighted by atomic mass is 10.0. The number of nitrogens with two attached hydrogens (primary N) is 1. The average Bonchev–Trinajstić information content (AvgIpc) is 3.42. The Bertz CT molecular complexity index is 2540. The van der Waals surface area contributed by atoms with Gasteiger partial charge in [-0.25, -0.2) is 14.8 Å². The number of pyridine rings is 3. The predicted octanol–water partition coefficient (Wildman–Crippen LogP) is 7.26. The van der Waals surface area contributed by atoms with Crippen molar-refractivity contribution in [3.05, 3.63) is 131 Å². The number of nitrogens with zero attached hydrogens (tertiary/aromatic N) is 6. The van der Waals surface area contributed by atoms with E-state index < -0.39 is 25.9 Å². The van der Waals surface area contributed by atoms with Crippen LogP contribution in [0.4, 0.5) is 24.8 Å². The van der Waals surface area contributed by atoms with Gasteiger partial charge in [-0.2, -0.15) is 13.2 Å². The molecule has 7 rings (SSSR count). The minimum Gasteiger partial charge on any atom is -0.406 e. The van der Waals surface area contributed by atoms with Gasteiger partial charge in [0.1, 0.15) is 11.6 Å². The zero-order valence-electron chi connectivity index (χ0n) is 31.5. The lowest BCUT2D eigenvalue weighted by molar-refractivity contribution is -0.137. The van der Waals surface area contributed by atoms with Crippen LogP contribution in [-0.4, -0.2) is 52.6 Å². The predicted molar refractivity (Wildman–Crippen MR) is 216 cm³/mol. The largest absolute Gasteiger partial charge is 0.419 e. The van der Waals surface area contributed by atoms with E-state index in [2.05, 4.69) is 79.3 Å². The van der Waals surface area contributed by atoms with Crippen LogP contribution in [-0.2, 0) is 17.6 Å². The van der Waals surface area contributed by atoms with Crippen molar-refractivity contribution < 1.29 is 17.6 Å². The molecule has 9 nitrogen and oxygen atoms in total. The number of benzene rings is 3. The highest BCUT2D eigenvalue weighted by molar-refractivity contribution is 6.99. The molecule has 55 heavy (non-hydrogen) atoms. The van der Waals surface area contributed by atoms with Gasteiger partial charge in [0.2, 0.25) is 0 Å². The van der Waals surface area contributed by atoms with Gasteiger partial charge in [0.05, 0.1) is 46.3 Å². The van der Waals surface area contributed by atoms with Gasteiger partial charge < -0.3 is 15.1 Å².